The number of nitrogens with zero attached hydrogens (tertiary/aromatic N) is 2. The highest BCUT2D eigenvalue weighted by Crippen LogP contribution is 2.51. The van der Waals surface area contributed by atoms with E-state index in [9.17, 15) is 5.26 Å². The molecule has 0 N–H and O–H groups in total. The van der Waals surface area contributed by atoms with Gasteiger partial charge in [-0.15, -0.1) is 0 Å². The van der Waals surface area contributed by atoms with Crippen LogP contribution in [0.1, 0.15) is 113 Å². The Kier molecular flexibility index (Phi) is 21.2. The zero-order chi connectivity index (χ0) is 50.8. The highest BCUT2D eigenvalue weighted by Gasteiger charge is 2.50. The third kappa shape index (κ3) is 15.3. The van der Waals surface area contributed by atoms with E-state index >= 15 is 0 Å². The predicted octanol–water partition coefficient (Wildman–Crippen LogP) is 14.5. The first kappa shape index (κ1) is 58.9. The second-order valence-electron chi connectivity index (χ2n) is 22.8. The van der Waals surface area contributed by atoms with Crippen LogP contribution >= 0.6 is 8.53 Å². The van der Waals surface area contributed by atoms with Crippen LogP contribution < -0.4 is 9.47 Å². The van der Waals surface area contributed by atoms with E-state index in [0.717, 1.165) is 28.2 Å². The van der Waals surface area contributed by atoms with E-state index in [2.05, 4.69) is 189 Å². The molecule has 0 aliphatic rings. The average molecular weight is 998 g/mol. The molecule has 0 radical (unpaired) electrons. The van der Waals surface area contributed by atoms with Gasteiger partial charge in [0.05, 0.1) is 58.7 Å². The van der Waals surface area contributed by atoms with Crippen molar-refractivity contribution in [3.05, 3.63) is 95.6 Å². The van der Waals surface area contributed by atoms with E-state index in [4.69, 9.17) is 36.5 Å². The molecule has 0 aromatic heterocycles. The molecule has 0 aliphatic heterocycles. The number of hydrogen-bond donors (Lipinski definition) is 0. The van der Waals surface area contributed by atoms with Crippen LogP contribution in [0.4, 0.5) is 0 Å². The molecular weight excluding hydrogens is 908 g/mol. The SMILES string of the molecule is COc1ccc(C(OC[C@@H](O[Si](C)(C)C(C)(C)C)[C@@H](OP(OCCC#N)N(C(C)C)C(C)C)[C@H](CO[Si](C)(C)C(C)(C)C)O[Si](C)(C)C(C)(C)C)(c2ccccc2)c2ccc(OC)cc2)cc1. The number of rotatable bonds is 25. The van der Waals surface area contributed by atoms with Gasteiger partial charge in [-0.25, -0.2) is 4.67 Å². The quantitative estimate of drug-likeness (QED) is 0.0353. The summed E-state index contributed by atoms with van der Waals surface area (Å²) in [4.78, 5) is 0. The summed E-state index contributed by atoms with van der Waals surface area (Å²) in [5.41, 5.74) is 1.63. The molecule has 0 amide bonds. The van der Waals surface area contributed by atoms with Crippen LogP contribution in [0.3, 0.4) is 0 Å². The Morgan fingerprint density at radius 1 is 0.582 bits per heavy atom. The Hall–Kier alpha value is -2.45. The molecule has 0 spiro atoms. The normalized spacial score (nSPS) is 15.4. The minimum atomic E-state index is -2.63. The predicted molar refractivity (Wildman–Crippen MR) is 286 cm³/mol. The van der Waals surface area contributed by atoms with Crippen molar-refractivity contribution in [3.63, 3.8) is 0 Å². The molecule has 0 saturated heterocycles. The van der Waals surface area contributed by atoms with E-state index < -0.39 is 57.4 Å². The Morgan fingerprint density at radius 2 is 0.985 bits per heavy atom. The highest BCUT2D eigenvalue weighted by molar-refractivity contribution is 7.44. The molecule has 0 heterocycles. The maximum Gasteiger partial charge on any atom is 0.259 e. The van der Waals surface area contributed by atoms with Gasteiger partial charge in [-0.3, -0.25) is 0 Å². The molecule has 0 bridgehead atoms. The number of methoxy groups -OCH3 is 2. The van der Waals surface area contributed by atoms with E-state index in [1.807, 2.05) is 30.3 Å². The van der Waals surface area contributed by atoms with E-state index in [-0.39, 0.29) is 53.4 Å². The fourth-order valence-corrected chi connectivity index (χ4v) is 12.5. The van der Waals surface area contributed by atoms with E-state index in [1.54, 1.807) is 14.2 Å². The Balaban J connectivity index is 2.56. The molecule has 3 rings (SSSR count). The molecule has 1 unspecified atom stereocenters. The lowest BCUT2D eigenvalue weighted by atomic mass is 9.80. The summed E-state index contributed by atoms with van der Waals surface area (Å²) in [6.45, 7) is 43.4. The molecule has 0 fully saturated rings. The van der Waals surface area contributed by atoms with E-state index in [0.29, 0.717) is 0 Å². The molecule has 0 saturated carbocycles. The lowest BCUT2D eigenvalue weighted by molar-refractivity contribution is -0.102. The van der Waals surface area contributed by atoms with Crippen LogP contribution in [0.15, 0.2) is 78.9 Å². The summed E-state index contributed by atoms with van der Waals surface area (Å²) in [6.07, 6.45) is -1.80. The van der Waals surface area contributed by atoms with Crippen molar-refractivity contribution in [3.8, 4) is 17.6 Å². The van der Waals surface area contributed by atoms with Crippen molar-refractivity contribution in [2.45, 2.75) is 187 Å². The fourth-order valence-electron chi connectivity index (χ4n) is 7.06. The molecule has 0 aliphatic carbocycles. The molecule has 4 atom stereocenters. The monoisotopic (exact) mass is 997 g/mol. The standard InChI is InChI=1S/C53H89N2O8PSi3/c1-40(2)55(41(3)4)64(59-37-25-36-54)61-49(48(63-67(20,21)52(11,12)13)39-60-65(16,17)50(5,6)7)47(62-66(18,19)51(8,9)10)38-58-53(42-26-23-22-24-27-42,43-28-32-45(56-14)33-29-43)44-30-34-46(57-15)35-31-44/h22-24,26-35,40-41,47-49H,25,37-39H2,1-21H3/t47-,48+,49-,64?/m1/s1. The smallest absolute Gasteiger partial charge is 0.259 e. The van der Waals surface area contributed by atoms with Gasteiger partial charge in [0.2, 0.25) is 0 Å². The molecule has 376 valence electrons. The van der Waals surface area contributed by atoms with Crippen LogP contribution in [0, 0.1) is 11.3 Å². The fraction of sp³-hybridized carbons (Fsp3) is 0.642. The molecule has 3 aromatic rings. The Labute approximate surface area is 412 Å². The summed E-state index contributed by atoms with van der Waals surface area (Å²) in [5.74, 6) is 1.48. The van der Waals surface area contributed by atoms with Gasteiger partial charge in [0.1, 0.15) is 23.2 Å². The molecule has 14 heteroatoms. The van der Waals surface area contributed by atoms with Gasteiger partial charge in [0.25, 0.3) is 8.53 Å². The van der Waals surface area contributed by atoms with Gasteiger partial charge in [0, 0.05) is 12.1 Å². The largest absolute Gasteiger partial charge is 0.497 e. The number of ether oxygens (including phenoxy) is 3. The summed E-state index contributed by atoms with van der Waals surface area (Å²) in [5, 5.41) is 9.37. The lowest BCUT2D eigenvalue weighted by Crippen LogP contribution is -2.58. The van der Waals surface area contributed by atoms with Crippen molar-refractivity contribution in [2.75, 3.05) is 34.0 Å². The molecule has 3 aromatic carbocycles. The topological polar surface area (TPSA) is 101 Å². The second kappa shape index (κ2) is 24.1. The van der Waals surface area contributed by atoms with E-state index in [1.165, 1.54) is 0 Å². The third-order valence-electron chi connectivity index (χ3n) is 14.2. The second-order valence-corrected chi connectivity index (χ2v) is 38.6. The van der Waals surface area contributed by atoms with Crippen LogP contribution in [0.2, 0.25) is 54.4 Å². The first-order valence-corrected chi connectivity index (χ1v) is 34.0. The number of nitriles is 1. The molecular formula is C53H89N2O8PSi3. The van der Waals surface area contributed by atoms with Crippen molar-refractivity contribution in [2.24, 2.45) is 0 Å². The van der Waals surface area contributed by atoms with Crippen LogP contribution in [0.5, 0.6) is 11.5 Å². The van der Waals surface area contributed by atoms with Crippen LogP contribution in [0.25, 0.3) is 0 Å². The summed E-state index contributed by atoms with van der Waals surface area (Å²) in [7, 11) is -5.94. The Morgan fingerprint density at radius 3 is 1.36 bits per heavy atom. The van der Waals surface area contributed by atoms with Gasteiger partial charge in [0.15, 0.2) is 25.0 Å². The van der Waals surface area contributed by atoms with Crippen LogP contribution in [-0.4, -0.2) is 94.1 Å². The minimum absolute atomic E-state index is 0.0592. The van der Waals surface area contributed by atoms with Crippen LogP contribution in [-0.2, 0) is 32.7 Å². The lowest BCUT2D eigenvalue weighted by Gasteiger charge is -2.48. The summed E-state index contributed by atoms with van der Waals surface area (Å²) < 4.78 is 58.5. The summed E-state index contributed by atoms with van der Waals surface area (Å²) in [6, 6.07) is 29.0. The van der Waals surface area contributed by atoms with Gasteiger partial charge in [-0.2, -0.15) is 5.26 Å². The maximum absolute atomic E-state index is 9.75. The van der Waals surface area contributed by atoms with Gasteiger partial charge in [-0.05, 0) is 123 Å². The number of hydrogen-bond acceptors (Lipinski definition) is 10. The average Bonchev–Trinajstić information content (AvgIpc) is 3.23. The zero-order valence-electron chi connectivity index (χ0n) is 45.3. The molecule has 67 heavy (non-hydrogen) atoms. The third-order valence-corrected chi connectivity index (χ3v) is 29.8. The Bertz CT molecular complexity index is 1920. The van der Waals surface area contributed by atoms with Gasteiger partial charge >= 0.3 is 0 Å². The zero-order valence-corrected chi connectivity index (χ0v) is 49.2. The van der Waals surface area contributed by atoms with Crippen molar-refractivity contribution >= 4 is 33.5 Å². The van der Waals surface area contributed by atoms with Crippen molar-refractivity contribution in [1.82, 2.24) is 4.67 Å². The summed E-state index contributed by atoms with van der Waals surface area (Å²) >= 11 is 0. The molecule has 10 nitrogen and oxygen atoms in total. The first-order chi connectivity index (χ1) is 30.9. The minimum Gasteiger partial charge on any atom is -0.497 e. The van der Waals surface area contributed by atoms with Gasteiger partial charge in [-0.1, -0.05) is 117 Å². The number of benzene rings is 3. The van der Waals surface area contributed by atoms with Gasteiger partial charge < -0.3 is 36.5 Å². The van der Waals surface area contributed by atoms with Crippen molar-refractivity contribution < 1.29 is 36.5 Å². The van der Waals surface area contributed by atoms with Crippen molar-refractivity contribution in [1.29, 1.82) is 5.26 Å². The first-order valence-electron chi connectivity index (χ1n) is 24.1. The highest BCUT2D eigenvalue weighted by atomic mass is 31.2. The maximum atomic E-state index is 9.75.